The van der Waals surface area contributed by atoms with Gasteiger partial charge in [-0.25, -0.2) is 4.39 Å². The number of nitrogens with one attached hydrogen (secondary N) is 1. The fraction of sp³-hybridized carbons (Fsp3) is 0.273. The van der Waals surface area contributed by atoms with Gasteiger partial charge in [0.05, 0.1) is 0 Å². The number of hydrogen-bond donors (Lipinski definition) is 1. The Balaban J connectivity index is 0.000000461. The molecule has 1 N–H and O–H groups in total. The third-order valence-corrected chi connectivity index (χ3v) is 2.44. The highest BCUT2D eigenvalue weighted by Gasteiger charge is 2.03. The third-order valence-electron chi connectivity index (χ3n) is 1.79. The van der Waals surface area contributed by atoms with Gasteiger partial charge in [-0.2, -0.15) is 0 Å². The average Bonchev–Trinajstić information content (AvgIpc) is 2.49. The Kier molecular flexibility index (Phi) is 3.69. The number of aromatic amines is 1. The van der Waals surface area contributed by atoms with E-state index in [2.05, 4.69) is 20.9 Å². The molecule has 3 heteroatoms. The molecule has 2 aromatic rings. The lowest BCUT2D eigenvalue weighted by molar-refractivity contribution is 0.628. The molecule has 0 saturated carbocycles. The van der Waals surface area contributed by atoms with Crippen LogP contribution in [0.3, 0.4) is 0 Å². The van der Waals surface area contributed by atoms with Gasteiger partial charge in [0.1, 0.15) is 5.82 Å². The van der Waals surface area contributed by atoms with Crippen molar-refractivity contribution in [2.75, 3.05) is 0 Å². The van der Waals surface area contributed by atoms with Crippen molar-refractivity contribution in [3.05, 3.63) is 34.2 Å². The van der Waals surface area contributed by atoms with Crippen LogP contribution in [0.5, 0.6) is 0 Å². The van der Waals surface area contributed by atoms with E-state index in [9.17, 15) is 4.39 Å². The second-order valence-electron chi connectivity index (χ2n) is 2.80. The van der Waals surface area contributed by atoms with Crippen molar-refractivity contribution >= 4 is 26.8 Å². The molecule has 0 fully saturated rings. The van der Waals surface area contributed by atoms with Crippen molar-refractivity contribution in [2.24, 2.45) is 0 Å². The first-order valence-corrected chi connectivity index (χ1v) is 5.40. The van der Waals surface area contributed by atoms with Crippen molar-refractivity contribution in [3.8, 4) is 0 Å². The summed E-state index contributed by atoms with van der Waals surface area (Å²) in [6.45, 7) is 5.95. The molecule has 0 aliphatic rings. The topological polar surface area (TPSA) is 15.8 Å². The SMILES string of the molecule is CC.Cc1cc2c(Br)cc(F)cc2[nH]1. The Hall–Kier alpha value is -0.830. The van der Waals surface area contributed by atoms with Crippen molar-refractivity contribution in [2.45, 2.75) is 20.8 Å². The summed E-state index contributed by atoms with van der Waals surface area (Å²) in [5, 5.41) is 1.02. The molecule has 0 unspecified atom stereocenters. The molecule has 0 amide bonds. The number of halogens is 2. The van der Waals surface area contributed by atoms with Crippen LogP contribution in [0.25, 0.3) is 10.9 Å². The first-order chi connectivity index (χ1) is 6.66. The summed E-state index contributed by atoms with van der Waals surface area (Å²) in [6.07, 6.45) is 0. The minimum absolute atomic E-state index is 0.226. The van der Waals surface area contributed by atoms with Crippen LogP contribution in [0, 0.1) is 12.7 Å². The van der Waals surface area contributed by atoms with Gasteiger partial charge >= 0.3 is 0 Å². The standard InChI is InChI=1S/C9H7BrFN.C2H6/c1-5-2-7-8(10)3-6(11)4-9(7)12-5;1-2/h2-4,12H,1H3;1-2H3. The number of aromatic nitrogens is 1. The van der Waals surface area contributed by atoms with Crippen LogP contribution in [-0.4, -0.2) is 4.98 Å². The summed E-state index contributed by atoms with van der Waals surface area (Å²) in [5.41, 5.74) is 1.87. The number of hydrogen-bond acceptors (Lipinski definition) is 0. The van der Waals surface area contributed by atoms with Crippen molar-refractivity contribution in [3.63, 3.8) is 0 Å². The predicted molar refractivity (Wildman–Crippen MR) is 62.0 cm³/mol. The summed E-state index contributed by atoms with van der Waals surface area (Å²) >= 11 is 3.30. The maximum absolute atomic E-state index is 12.9. The Morgan fingerprint density at radius 1 is 1.21 bits per heavy atom. The maximum Gasteiger partial charge on any atom is 0.126 e. The minimum atomic E-state index is -0.226. The number of fused-ring (bicyclic) bond motifs is 1. The molecule has 1 heterocycles. The first-order valence-electron chi connectivity index (χ1n) is 4.61. The van der Waals surface area contributed by atoms with E-state index < -0.39 is 0 Å². The van der Waals surface area contributed by atoms with Crippen LogP contribution in [-0.2, 0) is 0 Å². The molecule has 0 saturated heterocycles. The van der Waals surface area contributed by atoms with Gasteiger partial charge in [0.25, 0.3) is 0 Å². The summed E-state index contributed by atoms with van der Waals surface area (Å²) in [6, 6.07) is 4.95. The van der Waals surface area contributed by atoms with Crippen molar-refractivity contribution in [1.82, 2.24) is 4.98 Å². The minimum Gasteiger partial charge on any atom is -0.359 e. The largest absolute Gasteiger partial charge is 0.359 e. The molecule has 1 aromatic heterocycles. The van der Waals surface area contributed by atoms with Gasteiger partial charge in [-0.05, 0) is 41.1 Å². The van der Waals surface area contributed by atoms with Crippen LogP contribution in [0.4, 0.5) is 4.39 Å². The zero-order valence-electron chi connectivity index (χ0n) is 8.49. The maximum atomic E-state index is 12.9. The lowest BCUT2D eigenvalue weighted by atomic mass is 10.2. The van der Waals surface area contributed by atoms with Gasteiger partial charge in [-0.1, -0.05) is 13.8 Å². The van der Waals surface area contributed by atoms with E-state index in [0.29, 0.717) is 0 Å². The third kappa shape index (κ3) is 2.15. The van der Waals surface area contributed by atoms with E-state index in [1.807, 2.05) is 26.8 Å². The second kappa shape index (κ2) is 4.60. The van der Waals surface area contributed by atoms with Crippen LogP contribution >= 0.6 is 15.9 Å². The zero-order valence-corrected chi connectivity index (χ0v) is 10.1. The molecule has 76 valence electrons. The number of H-pyrrole nitrogens is 1. The van der Waals surface area contributed by atoms with E-state index >= 15 is 0 Å². The summed E-state index contributed by atoms with van der Waals surface area (Å²) in [4.78, 5) is 3.07. The Bertz CT molecular complexity index is 434. The zero-order chi connectivity index (χ0) is 10.7. The predicted octanol–water partition coefficient (Wildman–Crippen LogP) is 4.40. The summed E-state index contributed by atoms with van der Waals surface area (Å²) in [5.74, 6) is -0.226. The lowest BCUT2D eigenvalue weighted by Crippen LogP contribution is -1.75. The molecule has 1 aromatic carbocycles. The summed E-state index contributed by atoms with van der Waals surface area (Å²) in [7, 11) is 0. The van der Waals surface area contributed by atoms with E-state index in [4.69, 9.17) is 0 Å². The van der Waals surface area contributed by atoms with Crippen molar-refractivity contribution < 1.29 is 4.39 Å². The highest BCUT2D eigenvalue weighted by atomic mass is 79.9. The molecule has 0 aliphatic carbocycles. The van der Waals surface area contributed by atoms with E-state index in [-0.39, 0.29) is 5.82 Å². The van der Waals surface area contributed by atoms with Gasteiger partial charge in [0.2, 0.25) is 0 Å². The van der Waals surface area contributed by atoms with E-state index in [0.717, 1.165) is 21.1 Å². The van der Waals surface area contributed by atoms with Gasteiger partial charge in [0, 0.05) is 21.1 Å². The highest BCUT2D eigenvalue weighted by molar-refractivity contribution is 9.10. The Morgan fingerprint density at radius 2 is 1.86 bits per heavy atom. The molecule has 0 radical (unpaired) electrons. The molecule has 0 spiro atoms. The number of aryl methyl sites for hydroxylation is 1. The molecule has 14 heavy (non-hydrogen) atoms. The molecule has 2 rings (SSSR count). The van der Waals surface area contributed by atoms with E-state index in [1.165, 1.54) is 12.1 Å². The summed E-state index contributed by atoms with van der Waals surface area (Å²) < 4.78 is 13.7. The van der Waals surface area contributed by atoms with Crippen molar-refractivity contribution in [1.29, 1.82) is 0 Å². The van der Waals surface area contributed by atoms with Gasteiger partial charge in [-0.3, -0.25) is 0 Å². The smallest absolute Gasteiger partial charge is 0.126 e. The average molecular weight is 258 g/mol. The highest BCUT2D eigenvalue weighted by Crippen LogP contribution is 2.25. The Labute approximate surface area is 91.5 Å². The molecule has 0 bridgehead atoms. The van der Waals surface area contributed by atoms with Crippen LogP contribution in [0.1, 0.15) is 19.5 Å². The van der Waals surface area contributed by atoms with Crippen LogP contribution < -0.4 is 0 Å². The molecular formula is C11H13BrFN. The molecule has 1 nitrogen and oxygen atoms in total. The van der Waals surface area contributed by atoms with Gasteiger partial charge < -0.3 is 4.98 Å². The Morgan fingerprint density at radius 3 is 2.50 bits per heavy atom. The fourth-order valence-electron chi connectivity index (χ4n) is 1.30. The number of rotatable bonds is 0. The van der Waals surface area contributed by atoms with Crippen LogP contribution in [0.15, 0.2) is 22.7 Å². The van der Waals surface area contributed by atoms with Gasteiger partial charge in [0.15, 0.2) is 0 Å². The molecular weight excluding hydrogens is 245 g/mol. The lowest BCUT2D eigenvalue weighted by Gasteiger charge is -1.93. The monoisotopic (exact) mass is 257 g/mol. The van der Waals surface area contributed by atoms with Gasteiger partial charge in [-0.15, -0.1) is 0 Å². The molecule has 0 atom stereocenters. The quantitative estimate of drug-likeness (QED) is 0.720. The first kappa shape index (κ1) is 11.2. The van der Waals surface area contributed by atoms with Crippen LogP contribution in [0.2, 0.25) is 0 Å². The second-order valence-corrected chi connectivity index (χ2v) is 3.66. The fourth-order valence-corrected chi connectivity index (χ4v) is 1.85. The van der Waals surface area contributed by atoms with E-state index in [1.54, 1.807) is 0 Å². The normalized spacial score (nSPS) is 9.79. The number of benzene rings is 1. The molecule has 0 aliphatic heterocycles.